The summed E-state index contributed by atoms with van der Waals surface area (Å²) in [6, 6.07) is 1.70. The topological polar surface area (TPSA) is 80.5 Å². The van der Waals surface area contributed by atoms with Gasteiger partial charge in [0.25, 0.3) is 0 Å². The van der Waals surface area contributed by atoms with E-state index in [9.17, 15) is 4.79 Å². The van der Waals surface area contributed by atoms with Crippen molar-refractivity contribution in [3.63, 3.8) is 0 Å². The second kappa shape index (κ2) is 6.99. The fourth-order valence-corrected chi connectivity index (χ4v) is 3.02. The first-order valence-corrected chi connectivity index (χ1v) is 8.05. The molecule has 7 nitrogen and oxygen atoms in total. The molecule has 3 heterocycles. The van der Waals surface area contributed by atoms with E-state index in [1.807, 2.05) is 5.38 Å². The van der Waals surface area contributed by atoms with E-state index in [1.165, 1.54) is 0 Å². The zero-order valence-corrected chi connectivity index (χ0v) is 13.1. The molecule has 1 atom stereocenters. The van der Waals surface area contributed by atoms with Crippen molar-refractivity contribution in [2.24, 2.45) is 0 Å². The smallest absolute Gasteiger partial charge is 0.226 e. The summed E-state index contributed by atoms with van der Waals surface area (Å²) in [5.74, 6) is 1.07. The lowest BCUT2D eigenvalue weighted by Gasteiger charge is -2.31. The number of aryl methyl sites for hydroxylation is 1. The summed E-state index contributed by atoms with van der Waals surface area (Å²) in [5, 5.41) is 9.42. The van der Waals surface area contributed by atoms with Crippen LogP contribution in [0.4, 0.5) is 5.82 Å². The van der Waals surface area contributed by atoms with Gasteiger partial charge in [-0.05, 0) is 6.92 Å². The highest BCUT2D eigenvalue weighted by Crippen LogP contribution is 2.23. The molecule has 118 valence electrons. The molecule has 1 saturated heterocycles. The lowest BCUT2D eigenvalue weighted by Crippen LogP contribution is -2.39. The van der Waals surface area contributed by atoms with E-state index < -0.39 is 0 Å². The highest BCUT2D eigenvalue weighted by Gasteiger charge is 2.24. The Morgan fingerprint density at radius 1 is 1.59 bits per heavy atom. The molecule has 0 bridgehead atoms. The minimum Gasteiger partial charge on any atom is -0.368 e. The van der Waals surface area contributed by atoms with Gasteiger partial charge in [0, 0.05) is 43.7 Å². The lowest BCUT2D eigenvalue weighted by atomic mass is 10.2. The van der Waals surface area contributed by atoms with Gasteiger partial charge in [0.05, 0.1) is 6.61 Å². The van der Waals surface area contributed by atoms with Crippen molar-refractivity contribution in [3.05, 3.63) is 28.4 Å². The van der Waals surface area contributed by atoms with Gasteiger partial charge in [0.2, 0.25) is 5.91 Å². The Morgan fingerprint density at radius 3 is 3.23 bits per heavy atom. The fraction of sp³-hybridized carbons (Fsp3) is 0.500. The summed E-state index contributed by atoms with van der Waals surface area (Å²) in [5.41, 5.74) is 0. The molecule has 0 aromatic carbocycles. The SMILES string of the molecule is Cc1cc(NC(=O)CCN2CCO[C@@H](c3nccs3)C2)no1. The van der Waals surface area contributed by atoms with E-state index in [4.69, 9.17) is 9.26 Å². The molecule has 3 rings (SSSR count). The van der Waals surface area contributed by atoms with Crippen LogP contribution in [-0.2, 0) is 9.53 Å². The molecule has 0 radical (unpaired) electrons. The largest absolute Gasteiger partial charge is 0.368 e. The molecule has 2 aromatic heterocycles. The second-order valence-electron chi connectivity index (χ2n) is 5.15. The van der Waals surface area contributed by atoms with Gasteiger partial charge in [-0.15, -0.1) is 11.3 Å². The number of rotatable bonds is 5. The molecule has 0 spiro atoms. The van der Waals surface area contributed by atoms with Crippen LogP contribution in [0.15, 0.2) is 22.2 Å². The number of morpholine rings is 1. The van der Waals surface area contributed by atoms with Gasteiger partial charge >= 0.3 is 0 Å². The van der Waals surface area contributed by atoms with Crippen LogP contribution in [0.5, 0.6) is 0 Å². The van der Waals surface area contributed by atoms with Crippen LogP contribution in [0.2, 0.25) is 0 Å². The van der Waals surface area contributed by atoms with Gasteiger partial charge in [-0.1, -0.05) is 5.16 Å². The van der Waals surface area contributed by atoms with E-state index in [2.05, 4.69) is 20.4 Å². The number of anilines is 1. The number of hydrogen-bond donors (Lipinski definition) is 1. The highest BCUT2D eigenvalue weighted by molar-refractivity contribution is 7.09. The average Bonchev–Trinajstić information content (AvgIpc) is 3.17. The van der Waals surface area contributed by atoms with E-state index in [-0.39, 0.29) is 12.0 Å². The van der Waals surface area contributed by atoms with Crippen molar-refractivity contribution in [2.75, 3.05) is 31.6 Å². The summed E-state index contributed by atoms with van der Waals surface area (Å²) in [6.45, 7) is 4.74. The third kappa shape index (κ3) is 3.90. The van der Waals surface area contributed by atoms with Gasteiger partial charge in [0.15, 0.2) is 5.82 Å². The summed E-state index contributed by atoms with van der Waals surface area (Å²) < 4.78 is 10.7. The van der Waals surface area contributed by atoms with Crippen molar-refractivity contribution in [2.45, 2.75) is 19.4 Å². The normalized spacial score (nSPS) is 19.2. The van der Waals surface area contributed by atoms with Crippen molar-refractivity contribution in [3.8, 4) is 0 Å². The molecule has 22 heavy (non-hydrogen) atoms. The predicted molar refractivity (Wildman–Crippen MR) is 81.7 cm³/mol. The Morgan fingerprint density at radius 2 is 2.50 bits per heavy atom. The van der Waals surface area contributed by atoms with Gasteiger partial charge in [-0.2, -0.15) is 0 Å². The van der Waals surface area contributed by atoms with Crippen molar-refractivity contribution in [1.82, 2.24) is 15.0 Å². The van der Waals surface area contributed by atoms with Crippen LogP contribution in [0.3, 0.4) is 0 Å². The predicted octanol–water partition coefficient (Wildman–Crippen LogP) is 1.84. The molecule has 8 heteroatoms. The third-order valence-electron chi connectivity index (χ3n) is 3.43. The van der Waals surface area contributed by atoms with Crippen LogP contribution >= 0.6 is 11.3 Å². The molecule has 1 aliphatic rings. The van der Waals surface area contributed by atoms with E-state index >= 15 is 0 Å². The lowest BCUT2D eigenvalue weighted by molar-refractivity contribution is -0.117. The van der Waals surface area contributed by atoms with Gasteiger partial charge in [-0.3, -0.25) is 9.69 Å². The zero-order chi connectivity index (χ0) is 15.4. The van der Waals surface area contributed by atoms with Crippen molar-refractivity contribution >= 4 is 23.1 Å². The number of hydrogen-bond acceptors (Lipinski definition) is 7. The Balaban J connectivity index is 1.45. The molecule has 2 aromatic rings. The van der Waals surface area contributed by atoms with Crippen LogP contribution in [-0.4, -0.2) is 47.2 Å². The molecule has 1 aliphatic heterocycles. The van der Waals surface area contributed by atoms with Crippen LogP contribution in [0.25, 0.3) is 0 Å². The fourth-order valence-electron chi connectivity index (χ4n) is 2.34. The van der Waals surface area contributed by atoms with E-state index in [0.717, 1.165) is 18.1 Å². The minimum atomic E-state index is -0.0643. The summed E-state index contributed by atoms with van der Waals surface area (Å²) in [6.07, 6.45) is 2.21. The van der Waals surface area contributed by atoms with Crippen LogP contribution in [0, 0.1) is 6.92 Å². The number of aromatic nitrogens is 2. The van der Waals surface area contributed by atoms with Crippen LogP contribution in [0.1, 0.15) is 23.3 Å². The number of amides is 1. The summed E-state index contributed by atoms with van der Waals surface area (Å²) >= 11 is 1.60. The van der Waals surface area contributed by atoms with Crippen molar-refractivity contribution in [1.29, 1.82) is 0 Å². The molecular weight excluding hydrogens is 304 g/mol. The Bertz CT molecular complexity index is 613. The average molecular weight is 322 g/mol. The number of thiazole rings is 1. The highest BCUT2D eigenvalue weighted by atomic mass is 32.1. The number of nitrogens with zero attached hydrogens (tertiary/aromatic N) is 3. The minimum absolute atomic E-state index is 0.00926. The molecule has 0 unspecified atom stereocenters. The molecule has 1 fully saturated rings. The molecule has 0 saturated carbocycles. The van der Waals surface area contributed by atoms with Gasteiger partial charge in [0.1, 0.15) is 16.9 Å². The van der Waals surface area contributed by atoms with Gasteiger partial charge < -0.3 is 14.6 Å². The molecule has 1 amide bonds. The first-order chi connectivity index (χ1) is 10.7. The van der Waals surface area contributed by atoms with E-state index in [0.29, 0.717) is 31.2 Å². The molecule has 0 aliphatic carbocycles. The van der Waals surface area contributed by atoms with Crippen LogP contribution < -0.4 is 5.32 Å². The first-order valence-electron chi connectivity index (χ1n) is 7.17. The third-order valence-corrected chi connectivity index (χ3v) is 4.30. The quantitative estimate of drug-likeness (QED) is 0.905. The zero-order valence-electron chi connectivity index (χ0n) is 12.3. The molecular formula is C14H18N4O3S. The maximum Gasteiger partial charge on any atom is 0.226 e. The van der Waals surface area contributed by atoms with Gasteiger partial charge in [-0.25, -0.2) is 4.98 Å². The van der Waals surface area contributed by atoms with Crippen molar-refractivity contribution < 1.29 is 14.1 Å². The summed E-state index contributed by atoms with van der Waals surface area (Å²) in [4.78, 5) is 18.4. The summed E-state index contributed by atoms with van der Waals surface area (Å²) in [7, 11) is 0. The number of nitrogens with one attached hydrogen (secondary N) is 1. The monoisotopic (exact) mass is 322 g/mol. The maximum absolute atomic E-state index is 11.9. The number of carbonyl (C=O) groups is 1. The molecule has 1 N–H and O–H groups in total. The standard InChI is InChI=1S/C14H18N4O3S/c1-10-8-12(17-21-10)16-13(19)2-4-18-5-6-20-11(9-18)14-15-3-7-22-14/h3,7-8,11H,2,4-6,9H2,1H3,(H,16,17,19)/t11-/m1/s1. The first kappa shape index (κ1) is 15.1. The Labute approximate surface area is 132 Å². The van der Waals surface area contributed by atoms with E-state index in [1.54, 1.807) is 30.5 Å². The number of ether oxygens (including phenoxy) is 1. The number of carbonyl (C=O) groups excluding carboxylic acids is 1. The Hall–Kier alpha value is -1.77. The maximum atomic E-state index is 11.9. The second-order valence-corrected chi connectivity index (χ2v) is 6.08. The Kier molecular flexibility index (Phi) is 4.81.